The molecule has 0 amide bonds. The molecule has 148 valence electrons. The van der Waals surface area contributed by atoms with Crippen LogP contribution in [0.25, 0.3) is 0 Å². The molecule has 1 N–H and O–H groups in total. The lowest BCUT2D eigenvalue weighted by molar-refractivity contribution is -0.145. The first-order chi connectivity index (χ1) is 13.4. The second-order valence-electron chi connectivity index (χ2n) is 5.94. The molecule has 2 aromatic carbocycles. The zero-order chi connectivity index (χ0) is 20.1. The maximum atomic E-state index is 12.5. The number of cyclic esters (lactones) is 1. The molecule has 1 aliphatic rings. The van der Waals surface area contributed by atoms with E-state index in [0.717, 1.165) is 0 Å². The number of esters is 2. The zero-order valence-corrected chi connectivity index (χ0v) is 15.9. The van der Waals surface area contributed by atoms with Crippen molar-refractivity contribution in [3.8, 4) is 5.75 Å². The Bertz CT molecular complexity index is 970. The number of benzene rings is 2. The first-order valence-electron chi connectivity index (χ1n) is 8.62. The summed E-state index contributed by atoms with van der Waals surface area (Å²) in [5.74, 6) is -0.747. The van der Waals surface area contributed by atoms with Gasteiger partial charge >= 0.3 is 11.9 Å². The van der Waals surface area contributed by atoms with Crippen molar-refractivity contribution >= 4 is 27.6 Å². The van der Waals surface area contributed by atoms with Gasteiger partial charge in [0.25, 0.3) is 10.0 Å². The number of ether oxygens (including phenoxy) is 3. The highest BCUT2D eigenvalue weighted by Gasteiger charge is 2.30. The molecule has 1 aliphatic heterocycles. The number of rotatable bonds is 7. The molecule has 0 saturated carbocycles. The molecule has 8 nitrogen and oxygen atoms in total. The van der Waals surface area contributed by atoms with Crippen LogP contribution in [0.5, 0.6) is 5.75 Å². The largest absolute Gasteiger partial charge is 0.494 e. The molecule has 3 rings (SSSR count). The molecule has 0 radical (unpaired) electrons. The summed E-state index contributed by atoms with van der Waals surface area (Å²) in [6, 6.07) is 11.8. The average molecular weight is 405 g/mol. The second-order valence-corrected chi connectivity index (χ2v) is 7.62. The summed E-state index contributed by atoms with van der Waals surface area (Å²) >= 11 is 0. The minimum Gasteiger partial charge on any atom is -0.494 e. The van der Waals surface area contributed by atoms with Crippen LogP contribution in [0.15, 0.2) is 53.4 Å². The van der Waals surface area contributed by atoms with Gasteiger partial charge in [-0.2, -0.15) is 0 Å². The van der Waals surface area contributed by atoms with Crippen LogP contribution in [0, 0.1) is 0 Å². The first-order valence-corrected chi connectivity index (χ1v) is 10.1. The highest BCUT2D eigenvalue weighted by molar-refractivity contribution is 7.92. The van der Waals surface area contributed by atoms with Gasteiger partial charge in [0, 0.05) is 12.1 Å². The van der Waals surface area contributed by atoms with Crippen molar-refractivity contribution in [1.82, 2.24) is 0 Å². The van der Waals surface area contributed by atoms with E-state index in [1.807, 2.05) is 6.92 Å². The smallest absolute Gasteiger partial charge is 0.347 e. The summed E-state index contributed by atoms with van der Waals surface area (Å²) in [7, 11) is -3.85. The van der Waals surface area contributed by atoms with Crippen LogP contribution >= 0.6 is 0 Å². The van der Waals surface area contributed by atoms with Crippen LogP contribution in [0.4, 0.5) is 5.69 Å². The number of sulfonamides is 1. The zero-order valence-electron chi connectivity index (χ0n) is 15.1. The van der Waals surface area contributed by atoms with Crippen molar-refractivity contribution in [2.45, 2.75) is 24.3 Å². The van der Waals surface area contributed by atoms with E-state index in [9.17, 15) is 18.0 Å². The predicted octanol–water partition coefficient (Wildman–Crippen LogP) is 2.36. The summed E-state index contributed by atoms with van der Waals surface area (Å²) in [6.07, 6.45) is -0.633. The van der Waals surface area contributed by atoms with Gasteiger partial charge in [0.2, 0.25) is 6.10 Å². The number of carbonyl (C=O) groups excluding carboxylic acids is 2. The van der Waals surface area contributed by atoms with Crippen molar-refractivity contribution in [3.05, 3.63) is 54.1 Å². The van der Waals surface area contributed by atoms with Crippen LogP contribution in [0.3, 0.4) is 0 Å². The molecule has 0 aromatic heterocycles. The Balaban J connectivity index is 1.72. The molecule has 0 aliphatic carbocycles. The Morgan fingerprint density at radius 3 is 2.61 bits per heavy atom. The quantitative estimate of drug-likeness (QED) is 0.705. The third-order valence-corrected chi connectivity index (χ3v) is 5.33. The van der Waals surface area contributed by atoms with Crippen LogP contribution in [0.2, 0.25) is 0 Å². The van der Waals surface area contributed by atoms with Gasteiger partial charge in [-0.3, -0.25) is 4.72 Å². The summed E-state index contributed by atoms with van der Waals surface area (Å²) < 4.78 is 42.7. The fourth-order valence-electron chi connectivity index (χ4n) is 2.59. The van der Waals surface area contributed by atoms with Crippen molar-refractivity contribution in [2.24, 2.45) is 0 Å². The highest BCUT2D eigenvalue weighted by atomic mass is 32.2. The summed E-state index contributed by atoms with van der Waals surface area (Å²) in [5.41, 5.74) is 0.309. The van der Waals surface area contributed by atoms with E-state index in [1.54, 1.807) is 12.1 Å². The van der Waals surface area contributed by atoms with E-state index < -0.39 is 28.1 Å². The average Bonchev–Trinajstić information content (AvgIpc) is 3.07. The maximum Gasteiger partial charge on any atom is 0.347 e. The first kappa shape index (κ1) is 19.7. The van der Waals surface area contributed by atoms with Gasteiger partial charge in [-0.15, -0.1) is 0 Å². The number of hydrogen-bond acceptors (Lipinski definition) is 7. The van der Waals surface area contributed by atoms with E-state index in [2.05, 4.69) is 4.72 Å². The fraction of sp³-hybridized carbons (Fsp3) is 0.263. The van der Waals surface area contributed by atoms with Crippen LogP contribution in [-0.4, -0.2) is 39.7 Å². The Morgan fingerprint density at radius 1 is 1.21 bits per heavy atom. The molecule has 0 unspecified atom stereocenters. The molecular formula is C19H19NO7S. The van der Waals surface area contributed by atoms with Gasteiger partial charge in [-0.05, 0) is 49.4 Å². The molecule has 9 heteroatoms. The van der Waals surface area contributed by atoms with Crippen molar-refractivity contribution < 1.29 is 32.2 Å². The third kappa shape index (κ3) is 4.61. The number of carbonyl (C=O) groups is 2. The van der Waals surface area contributed by atoms with Gasteiger partial charge in [0.1, 0.15) is 5.75 Å². The Labute approximate surface area is 162 Å². The fourth-order valence-corrected chi connectivity index (χ4v) is 3.64. The summed E-state index contributed by atoms with van der Waals surface area (Å²) in [5, 5.41) is 0. The minimum atomic E-state index is -3.85. The molecule has 28 heavy (non-hydrogen) atoms. The van der Waals surface area contributed by atoms with E-state index in [-0.39, 0.29) is 22.8 Å². The Morgan fingerprint density at radius 2 is 1.96 bits per heavy atom. The topological polar surface area (TPSA) is 108 Å². The minimum absolute atomic E-state index is 0.0534. The van der Waals surface area contributed by atoms with Crippen LogP contribution in [-0.2, 0) is 24.3 Å². The summed E-state index contributed by atoms with van der Waals surface area (Å²) in [6.45, 7) is 2.52. The molecule has 1 heterocycles. The third-order valence-electron chi connectivity index (χ3n) is 3.93. The van der Waals surface area contributed by atoms with E-state index in [1.165, 1.54) is 36.4 Å². The lowest BCUT2D eigenvalue weighted by Crippen LogP contribution is -2.22. The number of hydrogen-bond donors (Lipinski definition) is 1. The van der Waals surface area contributed by atoms with E-state index in [0.29, 0.717) is 18.8 Å². The van der Waals surface area contributed by atoms with Gasteiger partial charge in [-0.1, -0.05) is 6.07 Å². The molecule has 0 spiro atoms. The van der Waals surface area contributed by atoms with E-state index in [4.69, 9.17) is 14.2 Å². The van der Waals surface area contributed by atoms with Gasteiger partial charge in [-0.25, -0.2) is 18.0 Å². The highest BCUT2D eigenvalue weighted by Crippen LogP contribution is 2.21. The van der Waals surface area contributed by atoms with Gasteiger partial charge in [0.15, 0.2) is 0 Å². The Hall–Kier alpha value is -3.07. The molecule has 2 aromatic rings. The lowest BCUT2D eigenvalue weighted by Gasteiger charge is -2.11. The predicted molar refractivity (Wildman–Crippen MR) is 99.6 cm³/mol. The molecule has 0 bridgehead atoms. The monoisotopic (exact) mass is 405 g/mol. The van der Waals surface area contributed by atoms with E-state index >= 15 is 0 Å². The Kier molecular flexibility index (Phi) is 5.84. The number of nitrogens with one attached hydrogen (secondary N) is 1. The maximum absolute atomic E-state index is 12.5. The molecule has 1 atom stereocenters. The van der Waals surface area contributed by atoms with Gasteiger partial charge < -0.3 is 14.2 Å². The molecule has 1 saturated heterocycles. The van der Waals surface area contributed by atoms with Crippen molar-refractivity contribution in [3.63, 3.8) is 0 Å². The summed E-state index contributed by atoms with van der Waals surface area (Å²) in [4.78, 5) is 23.7. The second kappa shape index (κ2) is 8.30. The van der Waals surface area contributed by atoms with Crippen molar-refractivity contribution in [2.75, 3.05) is 17.9 Å². The van der Waals surface area contributed by atoms with Gasteiger partial charge in [0.05, 0.1) is 23.7 Å². The SMILES string of the molecule is CCOc1ccc(S(=O)(=O)Nc2cccc(C(=O)O[C@@H]3CCOC3=O)c2)cc1. The molecular weight excluding hydrogens is 386 g/mol. The standard InChI is InChI=1S/C19H19NO7S/c1-2-25-15-6-8-16(9-7-15)28(23,24)20-14-5-3-4-13(12-14)18(21)27-17-10-11-26-19(17)22/h3-9,12,17,20H,2,10-11H2,1H3/t17-/m1/s1. The normalized spacial score (nSPS) is 16.3. The van der Waals surface area contributed by atoms with Crippen LogP contribution in [0.1, 0.15) is 23.7 Å². The van der Waals surface area contributed by atoms with Crippen molar-refractivity contribution in [1.29, 1.82) is 0 Å². The lowest BCUT2D eigenvalue weighted by atomic mass is 10.2. The van der Waals surface area contributed by atoms with Crippen LogP contribution < -0.4 is 9.46 Å². The molecule has 1 fully saturated rings. The number of anilines is 1.